The molecule has 0 bridgehead atoms. The van der Waals surface area contributed by atoms with Crippen LogP contribution in [-0.2, 0) is 16.6 Å². The lowest BCUT2D eigenvalue weighted by Crippen LogP contribution is -2.41. The molecule has 6 nitrogen and oxygen atoms in total. The quantitative estimate of drug-likeness (QED) is 0.356. The van der Waals surface area contributed by atoms with Crippen molar-refractivity contribution in [1.82, 2.24) is 14.9 Å². The standard InChI is InChI=1S/C17H30N4O2S.HI/c1-7-14(4)20-17(18-5)19-12-15-8-10-16(11-9-15)24(22,23)21(6)13(2)3;/h8-11,13-14H,7,12H2,1-6H3,(H2,18,19,20);1H. The van der Waals surface area contributed by atoms with Crippen LogP contribution in [0.25, 0.3) is 0 Å². The molecule has 0 aliphatic heterocycles. The Morgan fingerprint density at radius 1 is 1.20 bits per heavy atom. The van der Waals surface area contributed by atoms with E-state index in [-0.39, 0.29) is 30.0 Å². The molecule has 0 radical (unpaired) electrons. The minimum absolute atomic E-state index is 0. The fraction of sp³-hybridized carbons (Fsp3) is 0.588. The zero-order chi connectivity index (χ0) is 18.3. The van der Waals surface area contributed by atoms with Gasteiger partial charge in [0.1, 0.15) is 0 Å². The number of hydrogen-bond acceptors (Lipinski definition) is 3. The van der Waals surface area contributed by atoms with Gasteiger partial charge in [0.25, 0.3) is 0 Å². The van der Waals surface area contributed by atoms with Crippen molar-refractivity contribution in [3.05, 3.63) is 29.8 Å². The molecule has 1 aromatic carbocycles. The van der Waals surface area contributed by atoms with Crippen LogP contribution in [0.4, 0.5) is 0 Å². The van der Waals surface area contributed by atoms with E-state index in [4.69, 9.17) is 0 Å². The predicted molar refractivity (Wildman–Crippen MR) is 115 cm³/mol. The van der Waals surface area contributed by atoms with Gasteiger partial charge in [-0.15, -0.1) is 24.0 Å². The third-order valence-corrected chi connectivity index (χ3v) is 6.05. The number of nitrogens with one attached hydrogen (secondary N) is 2. The lowest BCUT2D eigenvalue weighted by Gasteiger charge is -2.21. The Morgan fingerprint density at radius 3 is 2.20 bits per heavy atom. The summed E-state index contributed by atoms with van der Waals surface area (Å²) in [7, 11) is -0.105. The Bertz CT molecular complexity index is 645. The van der Waals surface area contributed by atoms with E-state index in [0.717, 1.165) is 17.9 Å². The lowest BCUT2D eigenvalue weighted by molar-refractivity contribution is 0.410. The van der Waals surface area contributed by atoms with E-state index < -0.39 is 10.0 Å². The van der Waals surface area contributed by atoms with Crippen LogP contribution < -0.4 is 10.6 Å². The summed E-state index contributed by atoms with van der Waals surface area (Å²) in [5.74, 6) is 0.737. The van der Waals surface area contributed by atoms with Gasteiger partial charge in [-0.2, -0.15) is 4.31 Å². The van der Waals surface area contributed by atoms with E-state index >= 15 is 0 Å². The molecular formula is C17H31IN4O2S. The van der Waals surface area contributed by atoms with Gasteiger partial charge < -0.3 is 10.6 Å². The molecule has 0 heterocycles. The Kier molecular flexibility index (Phi) is 10.6. The monoisotopic (exact) mass is 482 g/mol. The molecule has 25 heavy (non-hydrogen) atoms. The van der Waals surface area contributed by atoms with Gasteiger partial charge in [0.15, 0.2) is 5.96 Å². The molecular weight excluding hydrogens is 451 g/mol. The molecule has 1 atom stereocenters. The molecule has 2 N–H and O–H groups in total. The van der Waals surface area contributed by atoms with E-state index in [1.165, 1.54) is 4.31 Å². The van der Waals surface area contributed by atoms with Gasteiger partial charge in [-0.3, -0.25) is 4.99 Å². The van der Waals surface area contributed by atoms with Crippen molar-refractivity contribution in [2.45, 2.75) is 57.6 Å². The maximum atomic E-state index is 12.4. The number of nitrogens with zero attached hydrogens (tertiary/aromatic N) is 2. The molecule has 0 saturated carbocycles. The van der Waals surface area contributed by atoms with E-state index in [1.807, 2.05) is 26.0 Å². The van der Waals surface area contributed by atoms with Crippen molar-refractivity contribution in [3.63, 3.8) is 0 Å². The highest BCUT2D eigenvalue weighted by atomic mass is 127. The normalized spacial score (nSPS) is 13.5. The first-order chi connectivity index (χ1) is 11.2. The summed E-state index contributed by atoms with van der Waals surface area (Å²) < 4.78 is 26.2. The summed E-state index contributed by atoms with van der Waals surface area (Å²) in [6, 6.07) is 7.21. The van der Waals surface area contributed by atoms with Crippen LogP contribution >= 0.6 is 24.0 Å². The Hall–Kier alpha value is -0.870. The third kappa shape index (κ3) is 7.10. The zero-order valence-corrected chi connectivity index (χ0v) is 19.1. The second kappa shape index (κ2) is 11.0. The summed E-state index contributed by atoms with van der Waals surface area (Å²) in [6.45, 7) is 8.49. The Labute approximate surface area is 169 Å². The average molecular weight is 482 g/mol. The minimum atomic E-state index is -3.43. The van der Waals surface area contributed by atoms with Crippen LogP contribution in [0.2, 0.25) is 0 Å². The number of halogens is 1. The van der Waals surface area contributed by atoms with Crippen LogP contribution in [-0.4, -0.2) is 44.9 Å². The topological polar surface area (TPSA) is 73.8 Å². The summed E-state index contributed by atoms with van der Waals surface area (Å²) in [5.41, 5.74) is 0.994. The maximum Gasteiger partial charge on any atom is 0.243 e. The Morgan fingerprint density at radius 2 is 1.76 bits per heavy atom. The lowest BCUT2D eigenvalue weighted by atomic mass is 10.2. The molecule has 0 aromatic heterocycles. The highest BCUT2D eigenvalue weighted by molar-refractivity contribution is 14.0. The van der Waals surface area contributed by atoms with Gasteiger partial charge >= 0.3 is 0 Å². The third-order valence-electron chi connectivity index (χ3n) is 4.01. The zero-order valence-electron chi connectivity index (χ0n) is 15.9. The number of rotatable bonds is 7. The first kappa shape index (κ1) is 24.1. The summed E-state index contributed by atoms with van der Waals surface area (Å²) in [6.07, 6.45) is 1.01. The van der Waals surface area contributed by atoms with Crippen molar-refractivity contribution >= 4 is 40.0 Å². The molecule has 1 rings (SSSR count). The Balaban J connectivity index is 0.00000576. The summed E-state index contributed by atoms with van der Waals surface area (Å²) in [4.78, 5) is 4.49. The molecule has 8 heteroatoms. The average Bonchev–Trinajstić information content (AvgIpc) is 2.57. The molecule has 0 fully saturated rings. The van der Waals surface area contributed by atoms with Crippen LogP contribution in [0.15, 0.2) is 34.2 Å². The predicted octanol–water partition coefficient (Wildman–Crippen LogP) is 2.80. The molecule has 1 unspecified atom stereocenters. The minimum Gasteiger partial charge on any atom is -0.354 e. The number of aliphatic imine (C=N–C) groups is 1. The molecule has 0 saturated heterocycles. The van der Waals surface area contributed by atoms with E-state index in [0.29, 0.717) is 17.5 Å². The van der Waals surface area contributed by atoms with Crippen LogP contribution in [0, 0.1) is 0 Å². The van der Waals surface area contributed by atoms with Crippen molar-refractivity contribution in [2.75, 3.05) is 14.1 Å². The highest BCUT2D eigenvalue weighted by Crippen LogP contribution is 2.17. The fourth-order valence-electron chi connectivity index (χ4n) is 1.94. The van der Waals surface area contributed by atoms with Crippen LogP contribution in [0.5, 0.6) is 0 Å². The molecule has 0 spiro atoms. The maximum absolute atomic E-state index is 12.4. The SMILES string of the molecule is CCC(C)NC(=NC)NCc1ccc(S(=O)(=O)N(C)C(C)C)cc1.I. The van der Waals surface area contributed by atoms with E-state index in [9.17, 15) is 8.42 Å². The van der Waals surface area contributed by atoms with Crippen molar-refractivity contribution in [2.24, 2.45) is 4.99 Å². The largest absolute Gasteiger partial charge is 0.354 e. The smallest absolute Gasteiger partial charge is 0.243 e. The summed E-state index contributed by atoms with van der Waals surface area (Å²) >= 11 is 0. The van der Waals surface area contributed by atoms with Crippen molar-refractivity contribution in [3.8, 4) is 0 Å². The van der Waals surface area contributed by atoms with E-state index in [1.54, 1.807) is 26.2 Å². The molecule has 0 amide bonds. The van der Waals surface area contributed by atoms with Gasteiger partial charge in [0.2, 0.25) is 10.0 Å². The molecule has 144 valence electrons. The number of guanidine groups is 1. The van der Waals surface area contributed by atoms with Crippen LogP contribution in [0.3, 0.4) is 0 Å². The first-order valence-electron chi connectivity index (χ1n) is 8.26. The van der Waals surface area contributed by atoms with Gasteiger partial charge in [-0.1, -0.05) is 19.1 Å². The van der Waals surface area contributed by atoms with E-state index in [2.05, 4.69) is 29.5 Å². The van der Waals surface area contributed by atoms with Crippen LogP contribution in [0.1, 0.15) is 39.7 Å². The number of benzene rings is 1. The van der Waals surface area contributed by atoms with Crippen molar-refractivity contribution < 1.29 is 8.42 Å². The number of hydrogen-bond donors (Lipinski definition) is 2. The molecule has 1 aromatic rings. The fourth-order valence-corrected chi connectivity index (χ4v) is 3.31. The van der Waals surface area contributed by atoms with Gasteiger partial charge in [-0.05, 0) is 44.9 Å². The first-order valence-corrected chi connectivity index (χ1v) is 9.70. The number of sulfonamides is 1. The van der Waals surface area contributed by atoms with Gasteiger partial charge in [0, 0.05) is 32.7 Å². The highest BCUT2D eigenvalue weighted by Gasteiger charge is 2.22. The van der Waals surface area contributed by atoms with Gasteiger partial charge in [0.05, 0.1) is 4.90 Å². The molecule has 0 aliphatic carbocycles. The summed E-state index contributed by atoms with van der Waals surface area (Å²) in [5, 5.41) is 6.52. The molecule has 0 aliphatic rings. The second-order valence-corrected chi connectivity index (χ2v) is 8.14. The van der Waals surface area contributed by atoms with Gasteiger partial charge in [-0.25, -0.2) is 8.42 Å². The second-order valence-electron chi connectivity index (χ2n) is 6.14. The van der Waals surface area contributed by atoms with Crippen molar-refractivity contribution in [1.29, 1.82) is 0 Å².